The van der Waals surface area contributed by atoms with Crippen molar-refractivity contribution in [1.82, 2.24) is 0 Å². The van der Waals surface area contributed by atoms with Crippen LogP contribution in [0.3, 0.4) is 0 Å². The SMILES string of the molecule is CC1OC(OCC2OC3OC(C(C)(C)O)CCC(C4CCC5(C)C6CC=C7C(CCC(OC8OC(CO)C(OC9OC(CO)C(O)C(O)C9O)C(O)C8O)C7(C)C)C6(C)CCC45C)OC4C(O)C(CO)OC(OC3C(O)C2O)C4O)C(O)C(O)C1O. The van der Waals surface area contributed by atoms with Crippen LogP contribution in [0.25, 0.3) is 0 Å². The molecule has 0 amide bonds. The molecule has 4 aliphatic carbocycles. The molecule has 10 aliphatic rings. The normalized spacial score (nSPS) is 54.5. The van der Waals surface area contributed by atoms with Gasteiger partial charge in [-0.1, -0.05) is 46.3 Å². The predicted octanol–water partition coefficient (Wildman–Crippen LogP) is -3.58. The van der Waals surface area contributed by atoms with Crippen molar-refractivity contribution in [3.05, 3.63) is 11.6 Å². The average molecular weight is 1240 g/mol. The lowest BCUT2D eigenvalue weighted by Crippen LogP contribution is -2.66. The molecule has 6 aliphatic heterocycles. The average Bonchev–Trinajstić information content (AvgIpc) is 1.35. The highest BCUT2D eigenvalue weighted by atomic mass is 16.8. The Bertz CT molecular complexity index is 2310. The molecule has 27 nitrogen and oxygen atoms in total. The lowest BCUT2D eigenvalue weighted by Gasteiger charge is -2.66. The summed E-state index contributed by atoms with van der Waals surface area (Å²) in [5, 5.41) is 176. The van der Waals surface area contributed by atoms with Crippen LogP contribution in [-0.2, 0) is 52.1 Å². The van der Waals surface area contributed by atoms with E-state index in [4.69, 9.17) is 52.1 Å². The fraction of sp³-hybridized carbons (Fsp3) is 0.966. The summed E-state index contributed by atoms with van der Waals surface area (Å²) >= 11 is 0. The van der Waals surface area contributed by atoms with Gasteiger partial charge >= 0.3 is 0 Å². The Hall–Kier alpha value is -1.34. The number of hydrogen-bond acceptors (Lipinski definition) is 27. The topological polar surface area (TPSA) is 425 Å². The number of rotatable bonds is 12. The van der Waals surface area contributed by atoms with Crippen molar-refractivity contribution in [3.63, 3.8) is 0 Å². The molecule has 0 aromatic heterocycles. The van der Waals surface area contributed by atoms with Gasteiger partial charge in [-0.25, -0.2) is 0 Å². The molecule has 3 saturated carbocycles. The molecular weight excluding hydrogens is 1140 g/mol. The third kappa shape index (κ3) is 11.7. The molecule has 2 bridgehead atoms. The van der Waals surface area contributed by atoms with Crippen LogP contribution >= 0.6 is 0 Å². The van der Waals surface area contributed by atoms with Gasteiger partial charge in [0.1, 0.15) is 116 Å². The summed E-state index contributed by atoms with van der Waals surface area (Å²) in [7, 11) is 0. The van der Waals surface area contributed by atoms with Gasteiger partial charge in [-0.15, -0.1) is 0 Å². The van der Waals surface area contributed by atoms with Gasteiger partial charge in [-0.2, -0.15) is 0 Å². The highest BCUT2D eigenvalue weighted by Gasteiger charge is 2.69. The molecule has 27 heteroatoms. The number of ether oxygens (including phenoxy) is 11. The molecule has 0 radical (unpaired) electrons. The summed E-state index contributed by atoms with van der Waals surface area (Å²) in [5.41, 5.74) is -1.87. The Labute approximate surface area is 500 Å². The van der Waals surface area contributed by atoms with Crippen LogP contribution in [0.15, 0.2) is 11.6 Å². The first-order valence-corrected chi connectivity index (χ1v) is 30.9. The Morgan fingerprint density at radius 3 is 1.79 bits per heavy atom. The van der Waals surface area contributed by atoms with Gasteiger partial charge < -0.3 is 134 Å². The third-order valence-corrected chi connectivity index (χ3v) is 22.7. The quantitative estimate of drug-likeness (QED) is 0.0840. The number of allylic oxidation sites excluding steroid dienone is 1. The summed E-state index contributed by atoms with van der Waals surface area (Å²) in [6.07, 6.45) is -33.3. The lowest BCUT2D eigenvalue weighted by atomic mass is 9.39. The van der Waals surface area contributed by atoms with Crippen LogP contribution in [0, 0.1) is 39.4 Å². The van der Waals surface area contributed by atoms with Gasteiger partial charge in [0.2, 0.25) is 0 Å². The fourth-order valence-corrected chi connectivity index (χ4v) is 17.1. The zero-order valence-electron chi connectivity index (χ0n) is 50.3. The smallest absolute Gasteiger partial charge is 0.187 e. The molecule has 86 heavy (non-hydrogen) atoms. The largest absolute Gasteiger partial charge is 0.394 e. The van der Waals surface area contributed by atoms with E-state index in [-0.39, 0.29) is 41.4 Å². The summed E-state index contributed by atoms with van der Waals surface area (Å²) in [6, 6.07) is 0. The molecule has 9 fully saturated rings. The highest BCUT2D eigenvalue weighted by Crippen LogP contribution is 2.75. The summed E-state index contributed by atoms with van der Waals surface area (Å²) in [5.74, 6) is 0.117. The van der Waals surface area contributed by atoms with Crippen molar-refractivity contribution in [3.8, 4) is 0 Å². The Morgan fingerprint density at radius 2 is 1.12 bits per heavy atom. The van der Waals surface area contributed by atoms with Gasteiger partial charge in [0.05, 0.1) is 56.4 Å². The van der Waals surface area contributed by atoms with E-state index in [2.05, 4.69) is 40.7 Å². The Morgan fingerprint density at radius 1 is 0.512 bits per heavy atom. The van der Waals surface area contributed by atoms with Crippen LogP contribution < -0.4 is 0 Å². The maximum Gasteiger partial charge on any atom is 0.187 e. The van der Waals surface area contributed by atoms with Crippen LogP contribution in [0.4, 0.5) is 0 Å². The maximum atomic E-state index is 12.2. The maximum absolute atomic E-state index is 12.2. The lowest BCUT2D eigenvalue weighted by molar-refractivity contribution is -0.385. The van der Waals surface area contributed by atoms with Gasteiger partial charge in [0, 0.05) is 5.41 Å². The Kier molecular flexibility index (Phi) is 20.0. The van der Waals surface area contributed by atoms with Crippen molar-refractivity contribution < 1.29 is 134 Å². The third-order valence-electron chi connectivity index (χ3n) is 22.7. The monoisotopic (exact) mass is 1240 g/mol. The predicted molar refractivity (Wildman–Crippen MR) is 291 cm³/mol. The number of fused-ring (bicyclic) bond motifs is 8. The van der Waals surface area contributed by atoms with Crippen LogP contribution in [0.1, 0.15) is 113 Å². The molecule has 34 atom stereocenters. The summed E-state index contributed by atoms with van der Waals surface area (Å²) < 4.78 is 67.6. The number of hydrogen-bond donors (Lipinski definition) is 16. The van der Waals surface area contributed by atoms with E-state index in [0.29, 0.717) is 12.8 Å². The zero-order chi connectivity index (χ0) is 62.7. The van der Waals surface area contributed by atoms with E-state index >= 15 is 0 Å². The molecule has 496 valence electrons. The summed E-state index contributed by atoms with van der Waals surface area (Å²) in [6.45, 7) is 13.2. The van der Waals surface area contributed by atoms with E-state index < -0.39 is 215 Å². The van der Waals surface area contributed by atoms with Crippen molar-refractivity contribution in [2.45, 2.75) is 291 Å². The van der Waals surface area contributed by atoms with Crippen molar-refractivity contribution in [2.75, 3.05) is 26.4 Å². The fourth-order valence-electron chi connectivity index (χ4n) is 17.1. The van der Waals surface area contributed by atoms with Crippen molar-refractivity contribution in [2.24, 2.45) is 39.4 Å². The van der Waals surface area contributed by atoms with E-state index in [1.165, 1.54) is 12.5 Å². The molecular formula is C59H98O27. The first-order valence-electron chi connectivity index (χ1n) is 30.9. The molecule has 10 rings (SSSR count). The number of aliphatic hydroxyl groups is 16. The molecule has 0 aromatic rings. The first-order chi connectivity index (χ1) is 40.4. The summed E-state index contributed by atoms with van der Waals surface area (Å²) in [4.78, 5) is 0. The minimum absolute atomic E-state index is 0.123. The molecule has 0 aromatic carbocycles. The molecule has 0 spiro atoms. The van der Waals surface area contributed by atoms with E-state index in [9.17, 15) is 81.7 Å². The van der Waals surface area contributed by atoms with E-state index in [0.717, 1.165) is 32.1 Å². The number of aliphatic hydroxyl groups excluding tert-OH is 15. The first kappa shape index (κ1) is 67.5. The Balaban J connectivity index is 0.867. The van der Waals surface area contributed by atoms with Gasteiger partial charge in [-0.05, 0) is 113 Å². The van der Waals surface area contributed by atoms with Crippen LogP contribution in [-0.4, -0.2) is 286 Å². The van der Waals surface area contributed by atoms with Gasteiger partial charge in [0.15, 0.2) is 31.5 Å². The second-order valence-electron chi connectivity index (χ2n) is 28.3. The van der Waals surface area contributed by atoms with E-state index in [1.807, 2.05) is 0 Å². The van der Waals surface area contributed by atoms with Crippen molar-refractivity contribution >= 4 is 0 Å². The second-order valence-corrected chi connectivity index (χ2v) is 28.3. The highest BCUT2D eigenvalue weighted by molar-refractivity contribution is 5.31. The minimum Gasteiger partial charge on any atom is -0.394 e. The molecule has 34 unspecified atom stereocenters. The van der Waals surface area contributed by atoms with Crippen LogP contribution in [0.2, 0.25) is 0 Å². The second kappa shape index (κ2) is 25.5. The van der Waals surface area contributed by atoms with Crippen LogP contribution in [0.5, 0.6) is 0 Å². The zero-order valence-corrected chi connectivity index (χ0v) is 50.3. The van der Waals surface area contributed by atoms with Gasteiger partial charge in [-0.3, -0.25) is 0 Å². The van der Waals surface area contributed by atoms with Gasteiger partial charge in [0.25, 0.3) is 0 Å². The standard InChI is InChI=1S/C59H98O27/c1-23-35(63)39(67)43(71)50(77-23)76-22-31-37(65)41(69)49-54(82-31)84-34(56(4,5)75)14-11-27(78-48-38(66)29(20-61)80-53(86-49)46(48)74)26-15-16-59(8)32-12-9-24-25(57(32,6)17-18-58(26,59)7)10-13-33(55(24,2)3)83-51-45(73)42(70)47(30(21-62)81-51)85-52-44(72)40(68)36(64)28(19-60)79-52/h9,23,25-54,60-75H,10-22H2,1-8H3. The molecule has 6 saturated heterocycles. The molecule has 16 N–H and O–H groups in total. The molecule has 6 heterocycles. The minimum atomic E-state index is -1.83. The van der Waals surface area contributed by atoms with E-state index in [1.54, 1.807) is 13.8 Å². The van der Waals surface area contributed by atoms with Crippen molar-refractivity contribution in [1.29, 1.82) is 0 Å².